The Morgan fingerprint density at radius 2 is 1.87 bits per heavy atom. The van der Waals surface area contributed by atoms with Gasteiger partial charge in [-0.1, -0.05) is 24.6 Å². The fourth-order valence-corrected chi connectivity index (χ4v) is 4.00. The van der Waals surface area contributed by atoms with E-state index in [1.165, 1.54) is 0 Å². The molecule has 0 bridgehead atoms. The van der Waals surface area contributed by atoms with Gasteiger partial charge in [0.05, 0.1) is 13.0 Å². The summed E-state index contributed by atoms with van der Waals surface area (Å²) in [7, 11) is 0. The Hall–Kier alpha value is -2.16. The van der Waals surface area contributed by atoms with Gasteiger partial charge in [0, 0.05) is 50.0 Å². The molecule has 0 saturated carbocycles. The van der Waals surface area contributed by atoms with Gasteiger partial charge in [0.25, 0.3) is 0 Å². The van der Waals surface area contributed by atoms with Crippen molar-refractivity contribution in [3.05, 3.63) is 28.8 Å². The maximum Gasteiger partial charge on any atom is 0.243 e. The lowest BCUT2D eigenvalue weighted by Gasteiger charge is -2.38. The first kappa shape index (κ1) is 22.5. The topological polar surface area (TPSA) is 85.0 Å². The number of nitrogens with one attached hydrogen (secondary N) is 2. The first-order valence-corrected chi connectivity index (χ1v) is 10.8. The van der Waals surface area contributed by atoms with Crippen molar-refractivity contribution in [3.8, 4) is 0 Å². The van der Waals surface area contributed by atoms with Gasteiger partial charge in [-0.15, -0.1) is 0 Å². The summed E-state index contributed by atoms with van der Waals surface area (Å²) in [6.07, 6.45) is -0.0906. The molecule has 1 aromatic carbocycles. The zero-order chi connectivity index (χ0) is 21.7. The number of aryl methyl sites for hydroxylation is 1. The third-order valence-electron chi connectivity index (χ3n) is 5.76. The van der Waals surface area contributed by atoms with Crippen molar-refractivity contribution in [3.63, 3.8) is 0 Å². The van der Waals surface area contributed by atoms with E-state index in [-0.39, 0.29) is 30.7 Å². The Balaban J connectivity index is 1.59. The van der Waals surface area contributed by atoms with Gasteiger partial charge in [-0.25, -0.2) is 0 Å². The maximum absolute atomic E-state index is 12.9. The monoisotopic (exact) mass is 435 g/mol. The van der Waals surface area contributed by atoms with Crippen LogP contribution in [0.4, 0.5) is 5.69 Å². The molecule has 2 aliphatic heterocycles. The van der Waals surface area contributed by atoms with Crippen LogP contribution < -0.4 is 10.6 Å². The van der Waals surface area contributed by atoms with Crippen LogP contribution in [0.2, 0.25) is 5.02 Å². The summed E-state index contributed by atoms with van der Waals surface area (Å²) in [5.74, 6) is -0.722. The average Bonchev–Trinajstić information content (AvgIpc) is 2.72. The zero-order valence-corrected chi connectivity index (χ0v) is 18.4. The third kappa shape index (κ3) is 5.71. The van der Waals surface area contributed by atoms with Crippen LogP contribution in [-0.2, 0) is 14.4 Å². The van der Waals surface area contributed by atoms with Crippen molar-refractivity contribution < 1.29 is 14.4 Å². The number of rotatable bonds is 6. The highest BCUT2D eigenvalue weighted by molar-refractivity contribution is 6.31. The average molecular weight is 436 g/mol. The van der Waals surface area contributed by atoms with Crippen LogP contribution >= 0.6 is 11.6 Å². The summed E-state index contributed by atoms with van der Waals surface area (Å²) in [5.41, 5.74) is 1.48. The van der Waals surface area contributed by atoms with Crippen molar-refractivity contribution in [2.45, 2.75) is 26.3 Å². The Kier molecular flexibility index (Phi) is 7.69. The number of nitrogens with zero attached hydrogens (tertiary/aromatic N) is 3. The predicted octanol–water partition coefficient (Wildman–Crippen LogP) is 0.942. The summed E-state index contributed by atoms with van der Waals surface area (Å²) in [5, 5.41) is 6.10. The molecule has 30 heavy (non-hydrogen) atoms. The molecule has 2 saturated heterocycles. The minimum Gasteiger partial charge on any atom is -0.353 e. The smallest absolute Gasteiger partial charge is 0.243 e. The molecule has 2 fully saturated rings. The summed E-state index contributed by atoms with van der Waals surface area (Å²) in [4.78, 5) is 44.0. The van der Waals surface area contributed by atoms with Crippen LogP contribution in [0.5, 0.6) is 0 Å². The summed E-state index contributed by atoms with van der Waals surface area (Å²) < 4.78 is 0. The molecular formula is C21H30ClN5O3. The predicted molar refractivity (Wildman–Crippen MR) is 117 cm³/mol. The molecule has 164 valence electrons. The Morgan fingerprint density at radius 1 is 1.17 bits per heavy atom. The number of amides is 3. The van der Waals surface area contributed by atoms with Gasteiger partial charge in [0.1, 0.15) is 6.04 Å². The SMILES string of the molecule is CCN1CCN(CC(=O)N2CCNC(=O)[C@H]2CC(=O)Nc2ccc(C)c(Cl)c2)CC1. The molecule has 2 aliphatic rings. The van der Waals surface area contributed by atoms with Crippen LogP contribution in [0.15, 0.2) is 18.2 Å². The Labute approximate surface area is 182 Å². The first-order chi connectivity index (χ1) is 14.4. The molecule has 2 N–H and O–H groups in total. The molecule has 3 amide bonds. The second kappa shape index (κ2) is 10.2. The van der Waals surface area contributed by atoms with Gasteiger partial charge >= 0.3 is 0 Å². The van der Waals surface area contributed by atoms with E-state index in [1.54, 1.807) is 17.0 Å². The highest BCUT2D eigenvalue weighted by Crippen LogP contribution is 2.20. The van der Waals surface area contributed by atoms with Gasteiger partial charge < -0.3 is 20.4 Å². The molecule has 0 spiro atoms. The minimum atomic E-state index is -0.802. The van der Waals surface area contributed by atoms with E-state index < -0.39 is 6.04 Å². The molecule has 1 aromatic rings. The lowest BCUT2D eigenvalue weighted by atomic mass is 10.1. The van der Waals surface area contributed by atoms with E-state index in [2.05, 4.69) is 27.4 Å². The summed E-state index contributed by atoms with van der Waals surface area (Å²) in [6, 6.07) is 4.46. The van der Waals surface area contributed by atoms with Crippen molar-refractivity contribution in [2.75, 3.05) is 57.7 Å². The Morgan fingerprint density at radius 3 is 2.53 bits per heavy atom. The molecule has 2 heterocycles. The fourth-order valence-electron chi connectivity index (χ4n) is 3.82. The fraction of sp³-hybridized carbons (Fsp3) is 0.571. The van der Waals surface area contributed by atoms with E-state index in [0.717, 1.165) is 38.3 Å². The van der Waals surface area contributed by atoms with Gasteiger partial charge in [-0.05, 0) is 31.2 Å². The number of anilines is 1. The van der Waals surface area contributed by atoms with Gasteiger partial charge in [-0.2, -0.15) is 0 Å². The minimum absolute atomic E-state index is 0.0906. The number of carbonyl (C=O) groups excluding carboxylic acids is 3. The van der Waals surface area contributed by atoms with Crippen LogP contribution in [0.25, 0.3) is 0 Å². The standard InChI is InChI=1S/C21H30ClN5O3/c1-3-25-8-10-26(11-9-25)14-20(29)27-7-6-23-21(30)18(27)13-19(28)24-16-5-4-15(2)17(22)12-16/h4-5,12,18H,3,6-11,13-14H2,1-2H3,(H,23,30)(H,24,28)/t18-/m1/s1. The zero-order valence-electron chi connectivity index (χ0n) is 17.6. The number of benzene rings is 1. The molecule has 0 radical (unpaired) electrons. The van der Waals surface area contributed by atoms with E-state index in [4.69, 9.17) is 11.6 Å². The second-order valence-electron chi connectivity index (χ2n) is 7.82. The van der Waals surface area contributed by atoms with Crippen LogP contribution in [0.3, 0.4) is 0 Å². The lowest BCUT2D eigenvalue weighted by Crippen LogP contribution is -2.60. The van der Waals surface area contributed by atoms with E-state index >= 15 is 0 Å². The Bertz CT molecular complexity index is 795. The number of carbonyl (C=O) groups is 3. The van der Waals surface area contributed by atoms with Crippen molar-refractivity contribution >= 4 is 35.0 Å². The number of halogens is 1. The molecule has 8 nitrogen and oxygen atoms in total. The van der Waals surface area contributed by atoms with E-state index in [1.807, 2.05) is 13.0 Å². The molecule has 0 aliphatic carbocycles. The van der Waals surface area contributed by atoms with Crippen LogP contribution in [-0.4, -0.2) is 90.8 Å². The number of piperazine rings is 2. The number of hydrogen-bond acceptors (Lipinski definition) is 5. The number of hydrogen-bond donors (Lipinski definition) is 2. The first-order valence-electron chi connectivity index (χ1n) is 10.4. The van der Waals surface area contributed by atoms with Gasteiger partial charge in [0.2, 0.25) is 17.7 Å². The summed E-state index contributed by atoms with van der Waals surface area (Å²) in [6.45, 7) is 9.66. The normalized spacial score (nSPS) is 20.7. The summed E-state index contributed by atoms with van der Waals surface area (Å²) >= 11 is 6.11. The highest BCUT2D eigenvalue weighted by Gasteiger charge is 2.35. The highest BCUT2D eigenvalue weighted by atomic mass is 35.5. The van der Waals surface area contributed by atoms with Gasteiger partial charge in [0.15, 0.2) is 0 Å². The van der Waals surface area contributed by atoms with E-state index in [9.17, 15) is 14.4 Å². The van der Waals surface area contributed by atoms with Crippen LogP contribution in [0.1, 0.15) is 18.9 Å². The number of likely N-dealkylation sites (N-methyl/N-ethyl adjacent to an activating group) is 1. The molecular weight excluding hydrogens is 406 g/mol. The molecule has 0 aromatic heterocycles. The maximum atomic E-state index is 12.9. The molecule has 9 heteroatoms. The van der Waals surface area contributed by atoms with Crippen molar-refractivity contribution in [1.29, 1.82) is 0 Å². The molecule has 3 rings (SSSR count). The molecule has 1 atom stereocenters. The lowest BCUT2D eigenvalue weighted by molar-refractivity contribution is -0.145. The van der Waals surface area contributed by atoms with Crippen molar-refractivity contribution in [2.24, 2.45) is 0 Å². The van der Waals surface area contributed by atoms with Gasteiger partial charge in [-0.3, -0.25) is 19.3 Å². The quantitative estimate of drug-likeness (QED) is 0.694. The largest absolute Gasteiger partial charge is 0.353 e. The second-order valence-corrected chi connectivity index (χ2v) is 8.23. The van der Waals surface area contributed by atoms with E-state index in [0.29, 0.717) is 23.8 Å². The van der Waals surface area contributed by atoms with Crippen molar-refractivity contribution in [1.82, 2.24) is 20.0 Å². The third-order valence-corrected chi connectivity index (χ3v) is 6.16. The van der Waals surface area contributed by atoms with Crippen LogP contribution in [0, 0.1) is 6.92 Å². The molecule has 0 unspecified atom stereocenters.